The van der Waals surface area contributed by atoms with Crippen LogP contribution in [0.1, 0.15) is 45.0 Å². The van der Waals surface area contributed by atoms with Crippen molar-refractivity contribution in [2.45, 2.75) is 55.4 Å². The van der Waals surface area contributed by atoms with Crippen LogP contribution in [0.15, 0.2) is 48.5 Å². The fourth-order valence-electron chi connectivity index (χ4n) is 10.1. The van der Waals surface area contributed by atoms with Gasteiger partial charge in [-0.15, -0.1) is 0 Å². The first-order valence-electron chi connectivity index (χ1n) is 27.4. The zero-order valence-electron chi connectivity index (χ0n) is 51.0. The van der Waals surface area contributed by atoms with Gasteiger partial charge in [-0.25, -0.2) is 152 Å². The number of nitrogens with zero attached hydrogens (tertiary/aromatic N) is 2. The molecule has 2 radical (unpaired) electrons. The SMILES string of the molecule is Cc1cc(C)nc(-c2cc(C)cc(C)[nH+]2)c1.Cc1cc(C)nc(-c2cc(C)cc(C)[nH+]2)c1.Fc1c(F)c(F)c([B-](c2c(F)c(F)c(F)c(F)c2F)c2c(F)c(F)c(F)c(F)c2F)c(F)c1F.Fc1c(F)c(F)c([B-](c2c(F)c(F)c(F)c(F)c2F)c2c(F)c(F)c(F)c(F)c2F)c(F)c1F. The number of rotatable bonds is 8. The molecule has 0 unspecified atom stereocenters. The van der Waals surface area contributed by atoms with Crippen LogP contribution in [0.4, 0.5) is 132 Å². The van der Waals surface area contributed by atoms with Gasteiger partial charge >= 0.3 is 0 Å². The van der Waals surface area contributed by atoms with E-state index in [-0.39, 0.29) is 0 Å². The highest BCUT2D eigenvalue weighted by Crippen LogP contribution is 2.28. The number of halogens is 30. The summed E-state index contributed by atoms with van der Waals surface area (Å²) in [6.07, 6.45) is 0. The van der Waals surface area contributed by atoms with Gasteiger partial charge in [0.05, 0.1) is 0 Å². The maximum Gasteiger partial charge on any atom is 0.229 e. The van der Waals surface area contributed by atoms with E-state index in [0.717, 1.165) is 45.6 Å². The summed E-state index contributed by atoms with van der Waals surface area (Å²) in [5.74, 6) is -90.4. The Bertz CT molecular complexity index is 4000. The van der Waals surface area contributed by atoms with Gasteiger partial charge < -0.3 is 0 Å². The van der Waals surface area contributed by atoms with Crippen LogP contribution in [0.3, 0.4) is 0 Å². The standard InChI is InChI=1S/2C18BF15.2C14H16N2/c2*20-4-1(5(21)11(27)16(32)10(4)26)19(2-6(22)12(28)17(33)13(29)7(2)23)3-8(24)14(30)18(34)15(31)9(3)25;2*1-9-5-11(3)15-13(7-9)14-8-10(2)6-12(4)16-14/h;;2*5-8H,1-4H3/q2*-1;;/p+2. The van der Waals surface area contributed by atoms with Gasteiger partial charge in [-0.05, 0) is 101 Å². The van der Waals surface area contributed by atoms with Crippen LogP contribution < -0.4 is 42.7 Å². The quantitative estimate of drug-likeness (QED) is 0.0659. The number of aromatic nitrogens is 4. The smallest absolute Gasteiger partial charge is 0.229 e. The molecule has 0 aliphatic carbocycles. The molecule has 2 N–H and O–H groups in total. The molecule has 0 fully saturated rings. The molecule has 0 aliphatic heterocycles. The van der Waals surface area contributed by atoms with Gasteiger partial charge in [0.1, 0.15) is 81.2 Å². The van der Waals surface area contributed by atoms with Gasteiger partial charge in [-0.1, -0.05) is 0 Å². The summed E-state index contributed by atoms with van der Waals surface area (Å²) in [7, 11) is 0. The monoisotopic (exact) mass is 1450 g/mol. The van der Waals surface area contributed by atoms with Gasteiger partial charge in [-0.3, -0.25) is 0 Å². The minimum Gasteiger partial charge on any atom is -0.247 e. The summed E-state index contributed by atoms with van der Waals surface area (Å²) in [6.45, 7) is 8.68. The third-order valence-corrected chi connectivity index (χ3v) is 14.2. The Hall–Kier alpha value is -10.1. The number of pyridine rings is 4. The molecule has 0 bridgehead atoms. The number of benzene rings is 6. The van der Waals surface area contributed by atoms with Gasteiger partial charge in [0, 0.05) is 49.5 Å². The molecule has 0 saturated carbocycles. The number of aryl methyl sites for hydroxylation is 8. The lowest BCUT2D eigenvalue weighted by molar-refractivity contribution is -0.375. The summed E-state index contributed by atoms with van der Waals surface area (Å²) in [5.41, 5.74) is -2.41. The first kappa shape index (κ1) is 77.3. The van der Waals surface area contributed by atoms with E-state index in [1.165, 1.54) is 22.3 Å². The molecule has 0 saturated heterocycles. The fraction of sp³-hybridized carbons (Fsp3) is 0.125. The van der Waals surface area contributed by atoms with E-state index in [2.05, 4.69) is 110 Å². The predicted octanol–water partition coefficient (Wildman–Crippen LogP) is 14.2. The average Bonchev–Trinajstić information content (AvgIpc) is 0.735. The molecule has 6 aromatic carbocycles. The Kier molecular flexibility index (Phi) is 23.0. The van der Waals surface area contributed by atoms with Crippen molar-refractivity contribution in [3.63, 3.8) is 0 Å². The zero-order valence-corrected chi connectivity index (χ0v) is 51.0. The number of nitrogens with one attached hydrogen (secondary N) is 2. The van der Waals surface area contributed by atoms with Crippen molar-refractivity contribution in [1.29, 1.82) is 0 Å². The van der Waals surface area contributed by atoms with E-state index in [0.29, 0.717) is 0 Å². The normalized spacial score (nSPS) is 11.3. The van der Waals surface area contributed by atoms with E-state index in [9.17, 15) is 132 Å². The fourth-order valence-corrected chi connectivity index (χ4v) is 10.1. The molecule has 4 heterocycles. The highest BCUT2D eigenvalue weighted by molar-refractivity contribution is 6.96. The minimum absolute atomic E-state index is 1.02. The lowest BCUT2D eigenvalue weighted by atomic mass is 9.36. The van der Waals surface area contributed by atoms with Crippen LogP contribution in [0, 0.1) is 230 Å². The number of hydrogen-bond donors (Lipinski definition) is 0. The molecule has 0 atom stereocenters. The molecular formula is C64H34B2F30N4. The van der Waals surface area contributed by atoms with Gasteiger partial charge in [0.15, 0.2) is 116 Å². The second-order valence-corrected chi connectivity index (χ2v) is 21.6. The van der Waals surface area contributed by atoms with E-state index in [1.807, 2.05) is 13.8 Å². The summed E-state index contributed by atoms with van der Waals surface area (Å²) >= 11 is 0. The van der Waals surface area contributed by atoms with Gasteiger partial charge in [-0.2, -0.15) is 32.8 Å². The largest absolute Gasteiger partial charge is 0.247 e. The molecule has 4 aromatic heterocycles. The van der Waals surface area contributed by atoms with Crippen molar-refractivity contribution in [2.75, 3.05) is 0 Å². The maximum absolute atomic E-state index is 14.4. The maximum atomic E-state index is 14.4. The van der Waals surface area contributed by atoms with Crippen LogP contribution in [-0.2, 0) is 0 Å². The molecular weight excluding hydrogens is 1420 g/mol. The molecule has 10 aromatic rings. The molecule has 10 rings (SSSR count). The van der Waals surface area contributed by atoms with Crippen molar-refractivity contribution >= 4 is 46.2 Å². The Balaban J connectivity index is 0.000000198. The Morgan fingerprint density at radius 1 is 0.200 bits per heavy atom. The highest BCUT2D eigenvalue weighted by Gasteiger charge is 2.38. The first-order valence-corrected chi connectivity index (χ1v) is 27.4. The highest BCUT2D eigenvalue weighted by atomic mass is 19.2. The second kappa shape index (κ2) is 29.8. The topological polar surface area (TPSA) is 54.1 Å². The molecule has 100 heavy (non-hydrogen) atoms. The molecule has 0 spiro atoms. The number of hydrogen-bond acceptors (Lipinski definition) is 2. The Morgan fingerprint density at radius 3 is 0.500 bits per heavy atom. The lowest BCUT2D eigenvalue weighted by Crippen LogP contribution is -2.60. The van der Waals surface area contributed by atoms with Crippen molar-refractivity contribution in [1.82, 2.24) is 9.97 Å². The van der Waals surface area contributed by atoms with E-state index >= 15 is 0 Å². The summed E-state index contributed by atoms with van der Waals surface area (Å²) < 4.78 is 417. The molecule has 526 valence electrons. The van der Waals surface area contributed by atoms with Crippen LogP contribution in [0.5, 0.6) is 0 Å². The van der Waals surface area contributed by atoms with Crippen molar-refractivity contribution < 1.29 is 142 Å². The van der Waals surface area contributed by atoms with Crippen molar-refractivity contribution in [3.8, 4) is 22.8 Å². The summed E-state index contributed by atoms with van der Waals surface area (Å²) in [5, 5.41) is 0. The molecule has 0 aliphatic rings. The Labute approximate surface area is 542 Å². The summed E-state index contributed by atoms with van der Waals surface area (Å²) in [4.78, 5) is 15.8. The van der Waals surface area contributed by atoms with E-state index in [1.54, 1.807) is 0 Å². The third-order valence-electron chi connectivity index (χ3n) is 14.2. The summed E-state index contributed by atoms with van der Waals surface area (Å²) in [6, 6.07) is 16.9. The van der Waals surface area contributed by atoms with E-state index in [4.69, 9.17) is 0 Å². The number of aromatic amines is 2. The van der Waals surface area contributed by atoms with Crippen LogP contribution in [-0.4, -0.2) is 23.4 Å². The molecule has 4 nitrogen and oxygen atoms in total. The average molecular weight is 1450 g/mol. The van der Waals surface area contributed by atoms with Gasteiger partial charge in [0.2, 0.25) is 11.4 Å². The van der Waals surface area contributed by atoms with Crippen LogP contribution in [0.2, 0.25) is 0 Å². The molecule has 36 heteroatoms. The minimum atomic E-state index is -3.96. The van der Waals surface area contributed by atoms with Crippen molar-refractivity contribution in [2.24, 2.45) is 0 Å². The molecule has 0 amide bonds. The zero-order chi connectivity index (χ0) is 75.4. The van der Waals surface area contributed by atoms with Gasteiger partial charge in [0.25, 0.3) is 0 Å². The van der Waals surface area contributed by atoms with Crippen LogP contribution in [0.25, 0.3) is 22.8 Å². The number of H-pyrrole nitrogens is 2. The first-order chi connectivity index (χ1) is 46.4. The Morgan fingerprint density at radius 2 is 0.350 bits per heavy atom. The second-order valence-electron chi connectivity index (χ2n) is 21.6. The van der Waals surface area contributed by atoms with E-state index < -0.39 is 221 Å². The lowest BCUT2D eigenvalue weighted by Gasteiger charge is -2.33. The van der Waals surface area contributed by atoms with Crippen molar-refractivity contribution in [3.05, 3.63) is 268 Å². The third kappa shape index (κ3) is 14.5. The van der Waals surface area contributed by atoms with Crippen LogP contribution >= 0.6 is 0 Å². The predicted molar refractivity (Wildman–Crippen MR) is 297 cm³/mol.